The molecule has 0 spiro atoms. The van der Waals surface area contributed by atoms with Crippen LogP contribution >= 0.6 is 34.9 Å². The maximum Gasteiger partial charge on any atom is 0.189 e. The zero-order valence-corrected chi connectivity index (χ0v) is 11.7. The van der Waals surface area contributed by atoms with Gasteiger partial charge in [0.1, 0.15) is 5.69 Å². The summed E-state index contributed by atoms with van der Waals surface area (Å²) >= 11 is 4.42. The van der Waals surface area contributed by atoms with Crippen LogP contribution in [-0.2, 0) is 0 Å². The third kappa shape index (κ3) is 2.92. The van der Waals surface area contributed by atoms with E-state index in [9.17, 15) is 0 Å². The number of rotatable bonds is 4. The smallest absolute Gasteiger partial charge is 0.189 e. The molecule has 0 bridgehead atoms. The van der Waals surface area contributed by atoms with Crippen molar-refractivity contribution in [3.63, 3.8) is 0 Å². The highest BCUT2D eigenvalue weighted by atomic mass is 32.2. The highest BCUT2D eigenvalue weighted by Gasteiger charge is 2.12. The van der Waals surface area contributed by atoms with Crippen LogP contribution in [0.3, 0.4) is 0 Å². The average molecular weight is 299 g/mol. The minimum absolute atomic E-state index is 0.0206. The van der Waals surface area contributed by atoms with Crippen molar-refractivity contribution in [2.75, 3.05) is 6.26 Å². The number of amidine groups is 1. The second-order valence-corrected chi connectivity index (χ2v) is 6.30. The Labute approximate surface area is 116 Å². The van der Waals surface area contributed by atoms with E-state index in [0.29, 0.717) is 5.69 Å². The summed E-state index contributed by atoms with van der Waals surface area (Å²) in [6.45, 7) is 0. The summed E-state index contributed by atoms with van der Waals surface area (Å²) in [6, 6.07) is 3.62. The van der Waals surface area contributed by atoms with E-state index in [0.717, 1.165) is 13.6 Å². The Balaban J connectivity index is 2.28. The number of nitrogens with zero attached hydrogens (tertiary/aromatic N) is 4. The zero-order valence-electron chi connectivity index (χ0n) is 9.27. The molecule has 6 nitrogen and oxygen atoms in total. The molecule has 94 valence electrons. The second kappa shape index (κ2) is 6.03. The minimum Gasteiger partial charge on any atom is -0.409 e. The van der Waals surface area contributed by atoms with Gasteiger partial charge in [-0.25, -0.2) is 0 Å². The molecule has 2 rings (SSSR count). The molecular formula is C9H9N5OS3. The van der Waals surface area contributed by atoms with Gasteiger partial charge in [-0.15, -0.1) is 10.2 Å². The molecule has 0 atom stereocenters. The zero-order chi connectivity index (χ0) is 13.0. The molecule has 0 aliphatic rings. The second-order valence-electron chi connectivity index (χ2n) is 2.98. The molecule has 0 amide bonds. The first-order valence-corrected chi connectivity index (χ1v) is 7.58. The molecule has 2 aromatic rings. The van der Waals surface area contributed by atoms with Gasteiger partial charge in [0.15, 0.2) is 14.5 Å². The van der Waals surface area contributed by atoms with Crippen LogP contribution in [0.2, 0.25) is 0 Å². The molecule has 0 unspecified atom stereocenters. The van der Waals surface area contributed by atoms with Crippen molar-refractivity contribution in [1.82, 2.24) is 15.2 Å². The third-order valence-electron chi connectivity index (χ3n) is 1.88. The first kappa shape index (κ1) is 13.1. The van der Waals surface area contributed by atoms with E-state index in [-0.39, 0.29) is 5.84 Å². The van der Waals surface area contributed by atoms with Crippen LogP contribution < -0.4 is 5.73 Å². The van der Waals surface area contributed by atoms with Crippen LogP contribution in [0.1, 0.15) is 5.69 Å². The highest BCUT2D eigenvalue weighted by Crippen LogP contribution is 2.33. The summed E-state index contributed by atoms with van der Waals surface area (Å²) in [4.78, 5) is 4.86. The fourth-order valence-electron chi connectivity index (χ4n) is 1.13. The first-order valence-electron chi connectivity index (χ1n) is 4.73. The number of thioether (sulfide) groups is 1. The largest absolute Gasteiger partial charge is 0.409 e. The van der Waals surface area contributed by atoms with Crippen molar-refractivity contribution < 1.29 is 5.21 Å². The standard InChI is InChI=1S/C9H9N5OS3/c1-16-8-12-13-9(18-8)17-5-3-2-4-11-6(5)7(10)14-15/h2-4,15H,1H3,(H2,10,14). The van der Waals surface area contributed by atoms with Crippen LogP contribution in [0.15, 0.2) is 37.1 Å². The Bertz CT molecular complexity index is 571. The Kier molecular flexibility index (Phi) is 4.39. The van der Waals surface area contributed by atoms with E-state index in [1.54, 1.807) is 24.0 Å². The van der Waals surface area contributed by atoms with E-state index >= 15 is 0 Å². The van der Waals surface area contributed by atoms with Gasteiger partial charge in [-0.1, -0.05) is 40.0 Å². The summed E-state index contributed by atoms with van der Waals surface area (Å²) in [5.41, 5.74) is 6.00. The number of pyridine rings is 1. The van der Waals surface area contributed by atoms with Gasteiger partial charge < -0.3 is 10.9 Å². The van der Waals surface area contributed by atoms with Gasteiger partial charge in [0, 0.05) is 11.1 Å². The summed E-state index contributed by atoms with van der Waals surface area (Å²) in [6.07, 6.45) is 3.53. The Hall–Kier alpha value is -1.32. The minimum atomic E-state index is -0.0206. The fraction of sp³-hybridized carbons (Fsp3) is 0.111. The summed E-state index contributed by atoms with van der Waals surface area (Å²) in [7, 11) is 0. The molecule has 0 saturated heterocycles. The predicted molar refractivity (Wildman–Crippen MR) is 72.6 cm³/mol. The van der Waals surface area contributed by atoms with E-state index in [2.05, 4.69) is 20.3 Å². The van der Waals surface area contributed by atoms with Crippen molar-refractivity contribution in [3.8, 4) is 0 Å². The molecule has 18 heavy (non-hydrogen) atoms. The lowest BCUT2D eigenvalue weighted by Gasteiger charge is -2.03. The van der Waals surface area contributed by atoms with Gasteiger partial charge in [0.2, 0.25) is 0 Å². The summed E-state index contributed by atoms with van der Waals surface area (Å²) in [5.74, 6) is -0.0206. The summed E-state index contributed by atoms with van der Waals surface area (Å²) in [5, 5.41) is 19.7. The quantitative estimate of drug-likeness (QED) is 0.292. The van der Waals surface area contributed by atoms with Crippen LogP contribution in [0.4, 0.5) is 0 Å². The molecule has 9 heteroatoms. The first-order chi connectivity index (χ1) is 8.74. The van der Waals surface area contributed by atoms with Crippen LogP contribution in [0.5, 0.6) is 0 Å². The molecule has 2 aromatic heterocycles. The number of hydrogen-bond donors (Lipinski definition) is 2. The molecular weight excluding hydrogens is 290 g/mol. The highest BCUT2D eigenvalue weighted by molar-refractivity contribution is 8.03. The maximum atomic E-state index is 8.71. The number of oxime groups is 1. The SMILES string of the molecule is CSc1nnc(Sc2cccnc2/C(N)=N/O)s1. The lowest BCUT2D eigenvalue weighted by molar-refractivity contribution is 0.318. The van der Waals surface area contributed by atoms with E-state index in [4.69, 9.17) is 10.9 Å². The summed E-state index contributed by atoms with van der Waals surface area (Å²) < 4.78 is 1.69. The van der Waals surface area contributed by atoms with Crippen molar-refractivity contribution in [1.29, 1.82) is 0 Å². The fourth-order valence-corrected chi connectivity index (χ4v) is 3.63. The molecule has 0 radical (unpaired) electrons. The molecule has 0 aliphatic carbocycles. The van der Waals surface area contributed by atoms with E-state index in [1.165, 1.54) is 23.1 Å². The molecule has 0 aliphatic heterocycles. The molecule has 0 fully saturated rings. The molecule has 2 heterocycles. The van der Waals surface area contributed by atoms with Gasteiger partial charge in [-0.05, 0) is 18.4 Å². The van der Waals surface area contributed by atoms with Crippen molar-refractivity contribution in [2.24, 2.45) is 10.9 Å². The molecule has 3 N–H and O–H groups in total. The Morgan fingerprint density at radius 1 is 1.44 bits per heavy atom. The van der Waals surface area contributed by atoms with E-state index in [1.807, 2.05) is 12.3 Å². The van der Waals surface area contributed by atoms with Gasteiger partial charge in [0.05, 0.1) is 0 Å². The van der Waals surface area contributed by atoms with Gasteiger partial charge in [-0.2, -0.15) is 0 Å². The van der Waals surface area contributed by atoms with Gasteiger partial charge in [-0.3, -0.25) is 4.98 Å². The number of aromatic nitrogens is 3. The number of hydrogen-bond acceptors (Lipinski definition) is 8. The van der Waals surface area contributed by atoms with Crippen LogP contribution in [-0.4, -0.2) is 32.5 Å². The average Bonchev–Trinajstić information content (AvgIpc) is 2.86. The lowest BCUT2D eigenvalue weighted by Crippen LogP contribution is -2.15. The van der Waals surface area contributed by atoms with Crippen molar-refractivity contribution >= 4 is 40.7 Å². The molecule has 0 saturated carbocycles. The normalized spacial score (nSPS) is 11.7. The molecule has 0 aromatic carbocycles. The number of nitrogens with two attached hydrogens (primary N) is 1. The monoisotopic (exact) mass is 299 g/mol. The predicted octanol–water partition coefficient (Wildman–Crippen LogP) is 1.90. The topological polar surface area (TPSA) is 97.3 Å². The van der Waals surface area contributed by atoms with Crippen LogP contribution in [0, 0.1) is 0 Å². The van der Waals surface area contributed by atoms with Crippen LogP contribution in [0.25, 0.3) is 0 Å². The van der Waals surface area contributed by atoms with E-state index < -0.39 is 0 Å². The Morgan fingerprint density at radius 2 is 2.22 bits per heavy atom. The van der Waals surface area contributed by atoms with Crippen molar-refractivity contribution in [3.05, 3.63) is 24.0 Å². The maximum absolute atomic E-state index is 8.71. The lowest BCUT2D eigenvalue weighted by atomic mass is 10.3. The van der Waals surface area contributed by atoms with Crippen molar-refractivity contribution in [2.45, 2.75) is 13.6 Å². The van der Waals surface area contributed by atoms with Gasteiger partial charge in [0.25, 0.3) is 0 Å². The Morgan fingerprint density at radius 3 is 2.89 bits per heavy atom. The third-order valence-corrected chi connectivity index (χ3v) is 4.88. The van der Waals surface area contributed by atoms with Gasteiger partial charge >= 0.3 is 0 Å².